The van der Waals surface area contributed by atoms with Gasteiger partial charge in [-0.1, -0.05) is 66.7 Å². The number of fused-ring (bicyclic) bond motifs is 6. The molecule has 0 bridgehead atoms. The van der Waals surface area contributed by atoms with Gasteiger partial charge in [0.1, 0.15) is 11.2 Å². The van der Waals surface area contributed by atoms with Crippen molar-refractivity contribution in [1.82, 2.24) is 4.98 Å². The molecule has 3 aromatic heterocycles. The molecule has 0 amide bonds. The molecule has 8 aromatic rings. The lowest BCUT2D eigenvalue weighted by Gasteiger charge is -2.26. The minimum Gasteiger partial charge on any atom is -0.456 e. The van der Waals surface area contributed by atoms with E-state index in [9.17, 15) is 0 Å². The molecular formula is C35H22N2OS. The highest BCUT2D eigenvalue weighted by molar-refractivity contribution is 7.25. The van der Waals surface area contributed by atoms with Crippen molar-refractivity contribution in [3.05, 3.63) is 134 Å². The third-order valence-corrected chi connectivity index (χ3v) is 8.43. The van der Waals surface area contributed by atoms with Crippen molar-refractivity contribution in [2.45, 2.75) is 0 Å². The van der Waals surface area contributed by atoms with Crippen LogP contribution in [0, 0.1) is 0 Å². The lowest BCUT2D eigenvalue weighted by atomic mass is 10.0. The Morgan fingerprint density at radius 3 is 2.23 bits per heavy atom. The lowest BCUT2D eigenvalue weighted by molar-refractivity contribution is 0.669. The normalized spacial score (nSPS) is 11.6. The van der Waals surface area contributed by atoms with Gasteiger partial charge in [-0.25, -0.2) is 0 Å². The van der Waals surface area contributed by atoms with Gasteiger partial charge in [0.05, 0.1) is 21.3 Å². The second kappa shape index (κ2) is 8.83. The van der Waals surface area contributed by atoms with E-state index in [-0.39, 0.29) is 0 Å². The van der Waals surface area contributed by atoms with E-state index in [0.717, 1.165) is 44.5 Å². The van der Waals surface area contributed by atoms with Crippen LogP contribution in [0.25, 0.3) is 53.4 Å². The standard InChI is InChI=1S/C35H22N2OS/c1-2-8-23(9-3-1)24-15-17-25(18-16-24)37(26-19-20-28-33(22-26)39-32-14-7-21-36-35(28)32)29-11-6-13-31-34(29)27-10-4-5-12-30(27)38-31/h1-22H. The number of furan rings is 1. The van der Waals surface area contributed by atoms with Crippen molar-refractivity contribution in [2.75, 3.05) is 4.90 Å². The maximum atomic E-state index is 6.27. The molecule has 0 radical (unpaired) electrons. The predicted octanol–water partition coefficient (Wildman–Crippen LogP) is 10.5. The smallest absolute Gasteiger partial charge is 0.137 e. The number of hydrogen-bond acceptors (Lipinski definition) is 4. The van der Waals surface area contributed by atoms with Crippen LogP contribution in [-0.2, 0) is 0 Å². The van der Waals surface area contributed by atoms with Crippen LogP contribution < -0.4 is 4.90 Å². The molecule has 0 spiro atoms. The highest BCUT2D eigenvalue weighted by Gasteiger charge is 2.20. The highest BCUT2D eigenvalue weighted by Crippen LogP contribution is 2.44. The first kappa shape index (κ1) is 22.1. The monoisotopic (exact) mass is 518 g/mol. The summed E-state index contributed by atoms with van der Waals surface area (Å²) in [5.41, 5.74) is 8.51. The summed E-state index contributed by atoms with van der Waals surface area (Å²) in [5, 5.41) is 3.41. The van der Waals surface area contributed by atoms with Crippen molar-refractivity contribution in [3.8, 4) is 11.1 Å². The number of benzene rings is 5. The van der Waals surface area contributed by atoms with Gasteiger partial charge in [0.25, 0.3) is 0 Å². The Labute approximate surface area is 229 Å². The quantitative estimate of drug-likeness (QED) is 0.232. The number of anilines is 3. The van der Waals surface area contributed by atoms with Gasteiger partial charge < -0.3 is 9.32 Å². The Morgan fingerprint density at radius 1 is 0.564 bits per heavy atom. The van der Waals surface area contributed by atoms with Crippen LogP contribution in [0.15, 0.2) is 138 Å². The summed E-state index contributed by atoms with van der Waals surface area (Å²) < 4.78 is 8.69. The zero-order valence-electron chi connectivity index (χ0n) is 20.9. The summed E-state index contributed by atoms with van der Waals surface area (Å²) in [6, 6.07) is 44.8. The Kier molecular flexibility index (Phi) is 5.00. The first-order valence-corrected chi connectivity index (χ1v) is 13.8. The molecular weight excluding hydrogens is 496 g/mol. The fraction of sp³-hybridized carbons (Fsp3) is 0. The van der Waals surface area contributed by atoms with Gasteiger partial charge in [0.15, 0.2) is 0 Å². The van der Waals surface area contributed by atoms with Crippen molar-refractivity contribution in [1.29, 1.82) is 0 Å². The van der Waals surface area contributed by atoms with Crippen molar-refractivity contribution in [2.24, 2.45) is 0 Å². The van der Waals surface area contributed by atoms with Crippen LogP contribution in [0.1, 0.15) is 0 Å². The molecule has 3 nitrogen and oxygen atoms in total. The maximum absolute atomic E-state index is 6.27. The molecule has 0 atom stereocenters. The molecule has 0 saturated carbocycles. The zero-order chi connectivity index (χ0) is 25.8. The molecule has 0 unspecified atom stereocenters. The van der Waals surface area contributed by atoms with E-state index in [0.29, 0.717) is 0 Å². The summed E-state index contributed by atoms with van der Waals surface area (Å²) in [7, 11) is 0. The average Bonchev–Trinajstić information content (AvgIpc) is 3.56. The van der Waals surface area contributed by atoms with Crippen molar-refractivity contribution < 1.29 is 4.42 Å². The van der Waals surface area contributed by atoms with Crippen LogP contribution in [0.2, 0.25) is 0 Å². The lowest BCUT2D eigenvalue weighted by Crippen LogP contribution is -2.10. The number of para-hydroxylation sites is 1. The van der Waals surface area contributed by atoms with Crippen molar-refractivity contribution in [3.63, 3.8) is 0 Å². The Morgan fingerprint density at radius 2 is 1.33 bits per heavy atom. The largest absolute Gasteiger partial charge is 0.456 e. The van der Waals surface area contributed by atoms with Crippen LogP contribution >= 0.6 is 11.3 Å². The van der Waals surface area contributed by atoms with Gasteiger partial charge >= 0.3 is 0 Å². The van der Waals surface area contributed by atoms with E-state index in [1.54, 1.807) is 11.3 Å². The minimum absolute atomic E-state index is 0.881. The second-order valence-corrected chi connectivity index (χ2v) is 10.7. The third kappa shape index (κ3) is 3.61. The molecule has 4 heteroatoms. The van der Waals surface area contributed by atoms with Gasteiger partial charge in [0.2, 0.25) is 0 Å². The van der Waals surface area contributed by atoms with Crippen LogP contribution in [-0.4, -0.2) is 4.98 Å². The van der Waals surface area contributed by atoms with Gasteiger partial charge in [-0.3, -0.25) is 4.98 Å². The summed E-state index contributed by atoms with van der Waals surface area (Å²) in [6.45, 7) is 0. The molecule has 8 rings (SSSR count). The summed E-state index contributed by atoms with van der Waals surface area (Å²) in [4.78, 5) is 6.99. The number of rotatable bonds is 4. The van der Waals surface area contributed by atoms with E-state index < -0.39 is 0 Å². The second-order valence-electron chi connectivity index (χ2n) is 9.63. The summed E-state index contributed by atoms with van der Waals surface area (Å²) in [6.07, 6.45) is 1.87. The molecule has 0 aliphatic heterocycles. The van der Waals surface area contributed by atoms with E-state index in [4.69, 9.17) is 4.42 Å². The minimum atomic E-state index is 0.881. The molecule has 184 valence electrons. The average molecular weight is 519 g/mol. The fourth-order valence-electron chi connectivity index (χ4n) is 5.53. The molecule has 0 saturated heterocycles. The van der Waals surface area contributed by atoms with Gasteiger partial charge in [-0.2, -0.15) is 0 Å². The first-order valence-electron chi connectivity index (χ1n) is 13.0. The van der Waals surface area contributed by atoms with E-state index >= 15 is 0 Å². The topological polar surface area (TPSA) is 29.3 Å². The van der Waals surface area contributed by atoms with E-state index in [1.165, 1.54) is 25.9 Å². The number of nitrogens with zero attached hydrogens (tertiary/aromatic N) is 2. The van der Waals surface area contributed by atoms with E-state index in [2.05, 4.69) is 119 Å². The third-order valence-electron chi connectivity index (χ3n) is 7.32. The Bertz CT molecular complexity index is 2120. The molecule has 3 heterocycles. The molecule has 0 aliphatic rings. The van der Waals surface area contributed by atoms with Gasteiger partial charge in [-0.05, 0) is 71.8 Å². The Hall–Kier alpha value is -4.93. The fourth-order valence-corrected chi connectivity index (χ4v) is 6.62. The number of pyridine rings is 1. The highest BCUT2D eigenvalue weighted by atomic mass is 32.1. The van der Waals surface area contributed by atoms with Crippen molar-refractivity contribution >= 4 is 70.6 Å². The summed E-state index contributed by atoms with van der Waals surface area (Å²) in [5.74, 6) is 0. The molecule has 5 aromatic carbocycles. The number of thiophene rings is 1. The maximum Gasteiger partial charge on any atom is 0.137 e. The van der Waals surface area contributed by atoms with Crippen LogP contribution in [0.3, 0.4) is 0 Å². The summed E-state index contributed by atoms with van der Waals surface area (Å²) >= 11 is 1.78. The molecule has 0 N–H and O–H groups in total. The van der Waals surface area contributed by atoms with Crippen LogP contribution in [0.4, 0.5) is 17.1 Å². The molecule has 0 aliphatic carbocycles. The zero-order valence-corrected chi connectivity index (χ0v) is 21.7. The molecule has 0 fully saturated rings. The number of hydrogen-bond donors (Lipinski definition) is 0. The van der Waals surface area contributed by atoms with Gasteiger partial charge in [-0.15, -0.1) is 11.3 Å². The number of aromatic nitrogens is 1. The Balaban J connectivity index is 1.37. The van der Waals surface area contributed by atoms with E-state index in [1.807, 2.05) is 24.4 Å². The first-order chi connectivity index (χ1) is 19.3. The SMILES string of the molecule is c1ccc(-c2ccc(N(c3ccc4c(c3)sc3cccnc34)c3cccc4oc5ccccc5c34)cc2)cc1. The van der Waals surface area contributed by atoms with Gasteiger partial charge in [0, 0.05) is 33.0 Å². The predicted molar refractivity (Wildman–Crippen MR) is 165 cm³/mol. The molecule has 39 heavy (non-hydrogen) atoms. The van der Waals surface area contributed by atoms with Crippen LogP contribution in [0.5, 0.6) is 0 Å².